The highest BCUT2D eigenvalue weighted by molar-refractivity contribution is 6.06. The summed E-state index contributed by atoms with van der Waals surface area (Å²) < 4.78 is 0. The lowest BCUT2D eigenvalue weighted by Crippen LogP contribution is -2.40. The third kappa shape index (κ3) is 7.57. The van der Waals surface area contributed by atoms with E-state index in [9.17, 15) is 14.4 Å². The molecule has 1 fully saturated rings. The van der Waals surface area contributed by atoms with Crippen molar-refractivity contribution in [3.63, 3.8) is 0 Å². The number of hydrogen-bond acceptors (Lipinski definition) is 3. The first-order chi connectivity index (χ1) is 10.5. The van der Waals surface area contributed by atoms with E-state index < -0.39 is 6.04 Å². The summed E-state index contributed by atoms with van der Waals surface area (Å²) in [6.45, 7) is 4.54. The van der Waals surface area contributed by atoms with Gasteiger partial charge in [-0.15, -0.1) is 0 Å². The summed E-state index contributed by atoms with van der Waals surface area (Å²) >= 11 is 0. The van der Waals surface area contributed by atoms with E-state index in [0.717, 1.165) is 25.2 Å². The molecular weight excluding hydrogens is 280 g/mol. The lowest BCUT2D eigenvalue weighted by Gasteiger charge is -2.09. The molecule has 0 aromatic carbocycles. The molecule has 2 unspecified atom stereocenters. The molecule has 5 nitrogen and oxygen atoms in total. The minimum Gasteiger partial charge on any atom is -0.344 e. The fourth-order valence-electron chi connectivity index (χ4n) is 2.63. The van der Waals surface area contributed by atoms with E-state index in [-0.39, 0.29) is 24.1 Å². The second-order valence-electron chi connectivity index (χ2n) is 6.41. The van der Waals surface area contributed by atoms with Crippen LogP contribution in [0.2, 0.25) is 0 Å². The summed E-state index contributed by atoms with van der Waals surface area (Å²) in [6.07, 6.45) is 9.97. The zero-order valence-electron chi connectivity index (χ0n) is 14.0. The average molecular weight is 310 g/mol. The minimum absolute atomic E-state index is 0.0702. The predicted octanol–water partition coefficient (Wildman–Crippen LogP) is 2.68. The standard InChI is InChI=1S/C17H30N2O3/c1-3-13(2)10-8-6-4-5-7-9-11-15(20)18-14-12-16(21)19-17(14)22/h13-14H,3-12H2,1-2H3,(H,18,20)(H,19,21,22). The highest BCUT2D eigenvalue weighted by Crippen LogP contribution is 2.14. The quantitative estimate of drug-likeness (QED) is 0.455. The molecule has 22 heavy (non-hydrogen) atoms. The first-order valence-electron chi connectivity index (χ1n) is 8.66. The molecule has 1 heterocycles. The van der Waals surface area contributed by atoms with Gasteiger partial charge in [-0.3, -0.25) is 19.7 Å². The van der Waals surface area contributed by atoms with Crippen molar-refractivity contribution in [2.24, 2.45) is 5.92 Å². The molecule has 0 spiro atoms. The van der Waals surface area contributed by atoms with Crippen LogP contribution >= 0.6 is 0 Å². The lowest BCUT2D eigenvalue weighted by molar-refractivity contribution is -0.128. The van der Waals surface area contributed by atoms with Crippen LogP contribution in [0.1, 0.15) is 78.1 Å². The number of imide groups is 1. The zero-order chi connectivity index (χ0) is 16.4. The first kappa shape index (κ1) is 18.7. The molecule has 1 saturated heterocycles. The Bertz CT molecular complexity index is 382. The molecule has 0 radical (unpaired) electrons. The Hall–Kier alpha value is -1.39. The van der Waals surface area contributed by atoms with Crippen molar-refractivity contribution in [3.8, 4) is 0 Å². The molecule has 0 bridgehead atoms. The van der Waals surface area contributed by atoms with Crippen LogP contribution in [0.4, 0.5) is 0 Å². The number of hydrogen-bond donors (Lipinski definition) is 2. The highest BCUT2D eigenvalue weighted by Gasteiger charge is 2.31. The van der Waals surface area contributed by atoms with E-state index in [1.807, 2.05) is 0 Å². The molecule has 3 amide bonds. The van der Waals surface area contributed by atoms with Gasteiger partial charge in [-0.05, 0) is 12.3 Å². The molecule has 2 N–H and O–H groups in total. The second kappa shape index (κ2) is 10.4. The zero-order valence-corrected chi connectivity index (χ0v) is 14.0. The van der Waals surface area contributed by atoms with Crippen LogP contribution in [0.3, 0.4) is 0 Å². The summed E-state index contributed by atoms with van der Waals surface area (Å²) in [5, 5.41) is 4.80. The van der Waals surface area contributed by atoms with Crippen LogP contribution in [0, 0.1) is 5.92 Å². The van der Waals surface area contributed by atoms with Crippen LogP contribution in [0.15, 0.2) is 0 Å². The Morgan fingerprint density at radius 1 is 1.18 bits per heavy atom. The van der Waals surface area contributed by atoms with Crippen molar-refractivity contribution in [1.29, 1.82) is 0 Å². The second-order valence-corrected chi connectivity index (χ2v) is 6.41. The maximum absolute atomic E-state index is 11.7. The number of unbranched alkanes of at least 4 members (excludes halogenated alkanes) is 5. The van der Waals surface area contributed by atoms with Crippen LogP contribution in [-0.4, -0.2) is 23.8 Å². The molecule has 5 heteroatoms. The summed E-state index contributed by atoms with van der Waals surface area (Å²) in [7, 11) is 0. The summed E-state index contributed by atoms with van der Waals surface area (Å²) in [6, 6.07) is -0.666. The van der Waals surface area contributed by atoms with Gasteiger partial charge in [-0.1, -0.05) is 58.8 Å². The third-order valence-corrected chi connectivity index (χ3v) is 4.35. The van der Waals surface area contributed by atoms with Gasteiger partial charge in [0.2, 0.25) is 17.7 Å². The van der Waals surface area contributed by atoms with E-state index in [1.165, 1.54) is 32.1 Å². The minimum atomic E-state index is -0.666. The Labute approximate surface area is 133 Å². The highest BCUT2D eigenvalue weighted by atomic mass is 16.2. The van der Waals surface area contributed by atoms with Gasteiger partial charge >= 0.3 is 0 Å². The first-order valence-corrected chi connectivity index (χ1v) is 8.66. The third-order valence-electron chi connectivity index (χ3n) is 4.35. The monoisotopic (exact) mass is 310 g/mol. The van der Waals surface area contributed by atoms with E-state index >= 15 is 0 Å². The van der Waals surface area contributed by atoms with Crippen molar-refractivity contribution in [2.45, 2.75) is 84.1 Å². The average Bonchev–Trinajstić information content (AvgIpc) is 2.79. The van der Waals surface area contributed by atoms with Crippen molar-refractivity contribution in [3.05, 3.63) is 0 Å². The van der Waals surface area contributed by atoms with E-state index in [4.69, 9.17) is 0 Å². The fourth-order valence-corrected chi connectivity index (χ4v) is 2.63. The number of nitrogens with one attached hydrogen (secondary N) is 2. The Morgan fingerprint density at radius 3 is 2.41 bits per heavy atom. The van der Waals surface area contributed by atoms with Gasteiger partial charge in [0, 0.05) is 6.42 Å². The molecule has 0 aromatic rings. The predicted molar refractivity (Wildman–Crippen MR) is 86.1 cm³/mol. The SMILES string of the molecule is CCC(C)CCCCCCCCC(=O)NC1CC(=O)NC1=O. The van der Waals surface area contributed by atoms with Gasteiger partial charge in [0.05, 0.1) is 6.42 Å². The maximum Gasteiger partial charge on any atom is 0.249 e. The maximum atomic E-state index is 11.7. The summed E-state index contributed by atoms with van der Waals surface area (Å²) in [5.41, 5.74) is 0. The van der Waals surface area contributed by atoms with Gasteiger partial charge in [0.15, 0.2) is 0 Å². The summed E-state index contributed by atoms with van der Waals surface area (Å²) in [4.78, 5) is 34.0. The van der Waals surface area contributed by atoms with Gasteiger partial charge < -0.3 is 5.32 Å². The molecule has 2 atom stereocenters. The number of rotatable bonds is 11. The van der Waals surface area contributed by atoms with Crippen LogP contribution < -0.4 is 10.6 Å². The normalized spacial score (nSPS) is 19.1. The Balaban J connectivity index is 1.95. The van der Waals surface area contributed by atoms with Crippen LogP contribution in [0.5, 0.6) is 0 Å². The molecule has 1 aliphatic rings. The van der Waals surface area contributed by atoms with E-state index in [0.29, 0.717) is 6.42 Å². The van der Waals surface area contributed by atoms with Crippen molar-refractivity contribution in [1.82, 2.24) is 10.6 Å². The lowest BCUT2D eigenvalue weighted by atomic mass is 10.00. The van der Waals surface area contributed by atoms with E-state index in [2.05, 4.69) is 24.5 Å². The van der Waals surface area contributed by atoms with Crippen molar-refractivity contribution >= 4 is 17.7 Å². The van der Waals surface area contributed by atoms with Gasteiger partial charge in [-0.2, -0.15) is 0 Å². The fraction of sp³-hybridized carbons (Fsp3) is 0.824. The molecule has 1 aliphatic heterocycles. The van der Waals surface area contributed by atoms with Gasteiger partial charge in [0.1, 0.15) is 6.04 Å². The molecule has 0 aromatic heterocycles. The Morgan fingerprint density at radius 2 is 1.82 bits per heavy atom. The van der Waals surface area contributed by atoms with Gasteiger partial charge in [-0.25, -0.2) is 0 Å². The topological polar surface area (TPSA) is 75.3 Å². The number of carbonyl (C=O) groups excluding carboxylic acids is 3. The molecule has 0 saturated carbocycles. The summed E-state index contributed by atoms with van der Waals surface area (Å²) in [5.74, 6) is 0.00216. The van der Waals surface area contributed by atoms with Crippen molar-refractivity contribution in [2.75, 3.05) is 0 Å². The number of amides is 3. The number of carbonyl (C=O) groups is 3. The van der Waals surface area contributed by atoms with Crippen LogP contribution in [0.25, 0.3) is 0 Å². The van der Waals surface area contributed by atoms with Crippen molar-refractivity contribution < 1.29 is 14.4 Å². The van der Waals surface area contributed by atoms with E-state index in [1.54, 1.807) is 0 Å². The smallest absolute Gasteiger partial charge is 0.249 e. The molecule has 1 rings (SSSR count). The largest absolute Gasteiger partial charge is 0.344 e. The van der Waals surface area contributed by atoms with Crippen LogP contribution in [-0.2, 0) is 14.4 Å². The molecule has 126 valence electrons. The molecular formula is C17H30N2O3. The Kier molecular flexibility index (Phi) is 8.78. The van der Waals surface area contributed by atoms with Gasteiger partial charge in [0.25, 0.3) is 0 Å². The molecule has 0 aliphatic carbocycles.